The number of benzene rings is 2. The van der Waals surface area contributed by atoms with Gasteiger partial charge in [0, 0.05) is 31.3 Å². The van der Waals surface area contributed by atoms with Gasteiger partial charge in [0.1, 0.15) is 11.5 Å². The molecule has 2 atom stereocenters. The van der Waals surface area contributed by atoms with Gasteiger partial charge in [0.2, 0.25) is 5.95 Å². The number of nitrogens with one attached hydrogen (secondary N) is 1. The van der Waals surface area contributed by atoms with E-state index in [9.17, 15) is 23.1 Å². The number of aliphatic hydroxyl groups excluding tert-OH is 1. The van der Waals surface area contributed by atoms with E-state index in [-0.39, 0.29) is 25.2 Å². The van der Waals surface area contributed by atoms with Crippen LogP contribution in [0, 0.1) is 0 Å². The van der Waals surface area contributed by atoms with Crippen molar-refractivity contribution in [2.45, 2.75) is 64.2 Å². The van der Waals surface area contributed by atoms with Crippen molar-refractivity contribution in [1.29, 1.82) is 0 Å². The van der Waals surface area contributed by atoms with E-state index in [1.165, 1.54) is 11.0 Å². The fourth-order valence-corrected chi connectivity index (χ4v) is 5.32. The molecule has 1 amide bonds. The average Bonchev–Trinajstić information content (AvgIpc) is 2.99. The van der Waals surface area contributed by atoms with Gasteiger partial charge < -0.3 is 24.6 Å². The Labute approximate surface area is 249 Å². The third-order valence-electron chi connectivity index (χ3n) is 7.44. The van der Waals surface area contributed by atoms with Crippen molar-refractivity contribution in [3.05, 3.63) is 70.5 Å². The number of amides is 1. The number of nitrogens with zero attached hydrogens (tertiary/aromatic N) is 3. The quantitative estimate of drug-likeness (QED) is 0.263. The number of carbonyl (C=O) groups excluding carboxylic acids is 1. The first-order valence-electron chi connectivity index (χ1n) is 14.2. The largest absolute Gasteiger partial charge is 0.497 e. The van der Waals surface area contributed by atoms with Crippen molar-refractivity contribution >= 4 is 17.7 Å². The molecule has 0 saturated carbocycles. The molecule has 1 aliphatic rings. The zero-order chi connectivity index (χ0) is 31.1. The molecule has 2 heterocycles. The Hall–Kier alpha value is -4.06. The Kier molecular flexibility index (Phi) is 10.3. The second-order valence-corrected chi connectivity index (χ2v) is 10.2. The molecule has 232 valence electrons. The van der Waals surface area contributed by atoms with Gasteiger partial charge in [0.15, 0.2) is 0 Å². The van der Waals surface area contributed by atoms with Crippen molar-refractivity contribution in [3.63, 3.8) is 0 Å². The number of anilines is 2. The third-order valence-corrected chi connectivity index (χ3v) is 7.44. The number of aryl methyl sites for hydroxylation is 1. The summed E-state index contributed by atoms with van der Waals surface area (Å²) in [6, 6.07) is 7.96. The van der Waals surface area contributed by atoms with Crippen LogP contribution in [0.1, 0.15) is 67.1 Å². The molecule has 0 bridgehead atoms. The second-order valence-electron chi connectivity index (χ2n) is 10.2. The number of alkyl halides is 3. The number of methoxy groups -OCH3 is 2. The summed E-state index contributed by atoms with van der Waals surface area (Å²) in [5.41, 5.74) is 2.25. The van der Waals surface area contributed by atoms with Crippen LogP contribution in [0.25, 0.3) is 0 Å². The highest BCUT2D eigenvalue weighted by atomic mass is 19.4. The fourth-order valence-electron chi connectivity index (χ4n) is 5.32. The highest BCUT2D eigenvalue weighted by Crippen LogP contribution is 2.43. The maximum atomic E-state index is 13.8. The van der Waals surface area contributed by atoms with E-state index in [0.717, 1.165) is 23.3 Å². The lowest BCUT2D eigenvalue weighted by atomic mass is 9.89. The summed E-state index contributed by atoms with van der Waals surface area (Å²) in [5, 5.41) is 12.7. The zero-order valence-corrected chi connectivity index (χ0v) is 24.7. The summed E-state index contributed by atoms with van der Waals surface area (Å²) < 4.78 is 57.3. The minimum Gasteiger partial charge on any atom is -0.497 e. The van der Waals surface area contributed by atoms with E-state index in [1.54, 1.807) is 33.4 Å². The van der Waals surface area contributed by atoms with Crippen LogP contribution in [0.3, 0.4) is 0 Å². The summed E-state index contributed by atoms with van der Waals surface area (Å²) in [6.07, 6.45) is -1.15. The number of carbonyl (C=O) groups is 1. The van der Waals surface area contributed by atoms with Crippen LogP contribution < -0.4 is 19.7 Å². The zero-order valence-electron chi connectivity index (χ0n) is 24.7. The minimum atomic E-state index is -4.56. The lowest BCUT2D eigenvalue weighted by Gasteiger charge is -2.40. The third kappa shape index (κ3) is 7.48. The van der Waals surface area contributed by atoms with Gasteiger partial charge in [-0.3, -0.25) is 4.90 Å². The number of hydrogen-bond donors (Lipinski definition) is 2. The minimum absolute atomic E-state index is 0.00218. The van der Waals surface area contributed by atoms with Crippen LogP contribution >= 0.6 is 0 Å². The molecule has 0 aliphatic carbocycles. The van der Waals surface area contributed by atoms with Gasteiger partial charge in [0.25, 0.3) is 0 Å². The van der Waals surface area contributed by atoms with Gasteiger partial charge >= 0.3 is 12.3 Å². The highest BCUT2D eigenvalue weighted by molar-refractivity contribution is 5.90. The van der Waals surface area contributed by atoms with Gasteiger partial charge in [-0.15, -0.1) is 0 Å². The number of aromatic nitrogens is 2. The Morgan fingerprint density at radius 1 is 1.12 bits per heavy atom. The van der Waals surface area contributed by atoms with Crippen molar-refractivity contribution in [1.82, 2.24) is 9.97 Å². The van der Waals surface area contributed by atoms with Crippen LogP contribution in [-0.4, -0.2) is 54.6 Å². The Morgan fingerprint density at radius 3 is 2.44 bits per heavy atom. The summed E-state index contributed by atoms with van der Waals surface area (Å²) in [7, 11) is 3.13. The monoisotopic (exact) mass is 602 g/mol. The number of ether oxygens (including phenoxy) is 3. The molecule has 0 radical (unpaired) electrons. The van der Waals surface area contributed by atoms with Crippen LogP contribution in [0.4, 0.5) is 29.6 Å². The molecular weight excluding hydrogens is 565 g/mol. The number of aliphatic hydroxyl groups is 1. The summed E-state index contributed by atoms with van der Waals surface area (Å²) in [6.45, 7) is 3.74. The van der Waals surface area contributed by atoms with Gasteiger partial charge in [0.05, 0.1) is 43.8 Å². The normalized spacial score (nSPS) is 16.4. The predicted octanol–water partition coefficient (Wildman–Crippen LogP) is 6.33. The van der Waals surface area contributed by atoms with E-state index in [0.29, 0.717) is 60.5 Å². The molecule has 0 fully saturated rings. The van der Waals surface area contributed by atoms with Crippen molar-refractivity contribution in [2.24, 2.45) is 0 Å². The average molecular weight is 603 g/mol. The Balaban J connectivity index is 1.74. The standard InChI is InChI=1S/C31H37F3N4O5/c1-5-22-16-27(25-15-21(31(32,33)34)9-10-28(25)38(22)30(40)43-6-2)37-29-35-18-20(8-7-11-39)26(36-29)14-19-12-23(41-3)17-24(13-19)42-4/h9-10,12-13,15,17-18,22,27,39H,5-8,11,14,16H2,1-4H3,(H,35,36,37)/t22-,27+/m1/s1. The molecule has 0 spiro atoms. The molecule has 4 rings (SSSR count). The number of hydrogen-bond acceptors (Lipinski definition) is 8. The molecule has 12 heteroatoms. The molecule has 1 aromatic heterocycles. The van der Waals surface area contributed by atoms with Crippen LogP contribution in [0.15, 0.2) is 42.6 Å². The second kappa shape index (κ2) is 13.9. The Morgan fingerprint density at radius 2 is 1.84 bits per heavy atom. The fraction of sp³-hybridized carbons (Fsp3) is 0.452. The number of rotatable bonds is 11. The van der Waals surface area contributed by atoms with E-state index in [4.69, 9.17) is 19.2 Å². The molecule has 43 heavy (non-hydrogen) atoms. The molecule has 0 saturated heterocycles. The first kappa shape index (κ1) is 31.9. The summed E-state index contributed by atoms with van der Waals surface area (Å²) in [5.74, 6) is 1.48. The first-order valence-corrected chi connectivity index (χ1v) is 14.2. The molecule has 9 nitrogen and oxygen atoms in total. The molecule has 1 aliphatic heterocycles. The van der Waals surface area contributed by atoms with Gasteiger partial charge in [-0.2, -0.15) is 13.2 Å². The van der Waals surface area contributed by atoms with E-state index in [1.807, 2.05) is 19.1 Å². The summed E-state index contributed by atoms with van der Waals surface area (Å²) >= 11 is 0. The lowest BCUT2D eigenvalue weighted by molar-refractivity contribution is -0.137. The van der Waals surface area contributed by atoms with Crippen LogP contribution in [-0.2, 0) is 23.8 Å². The topological polar surface area (TPSA) is 106 Å². The SMILES string of the molecule is CCOC(=O)N1c2ccc(C(F)(F)F)cc2[C@@H](Nc2ncc(CCCO)c(Cc3cc(OC)cc(OC)c3)n2)C[C@H]1CC. The van der Waals surface area contributed by atoms with Gasteiger partial charge in [-0.05, 0) is 79.6 Å². The molecule has 0 unspecified atom stereocenters. The molecular formula is C31H37F3N4O5. The van der Waals surface area contributed by atoms with Crippen molar-refractivity contribution < 1.29 is 37.3 Å². The smallest absolute Gasteiger partial charge is 0.416 e. The number of fused-ring (bicyclic) bond motifs is 1. The molecule has 2 N–H and O–H groups in total. The van der Waals surface area contributed by atoms with Crippen LogP contribution in [0.5, 0.6) is 11.5 Å². The first-order chi connectivity index (χ1) is 20.6. The Bertz CT molecular complexity index is 1400. The van der Waals surface area contributed by atoms with Crippen molar-refractivity contribution in [2.75, 3.05) is 37.7 Å². The number of halogens is 3. The van der Waals surface area contributed by atoms with E-state index in [2.05, 4.69) is 10.3 Å². The van der Waals surface area contributed by atoms with Gasteiger partial charge in [-0.25, -0.2) is 14.8 Å². The van der Waals surface area contributed by atoms with E-state index >= 15 is 0 Å². The van der Waals surface area contributed by atoms with Gasteiger partial charge in [-0.1, -0.05) is 6.92 Å². The van der Waals surface area contributed by atoms with Crippen LogP contribution in [0.2, 0.25) is 0 Å². The lowest BCUT2D eigenvalue weighted by Crippen LogP contribution is -2.46. The molecule has 2 aromatic carbocycles. The molecule has 3 aromatic rings. The van der Waals surface area contributed by atoms with E-state index < -0.39 is 23.9 Å². The maximum absolute atomic E-state index is 13.8. The summed E-state index contributed by atoms with van der Waals surface area (Å²) in [4.78, 5) is 23.6. The predicted molar refractivity (Wildman–Crippen MR) is 156 cm³/mol. The highest BCUT2D eigenvalue weighted by Gasteiger charge is 2.39. The maximum Gasteiger partial charge on any atom is 0.416 e. The van der Waals surface area contributed by atoms with Crippen molar-refractivity contribution in [3.8, 4) is 11.5 Å².